The van der Waals surface area contributed by atoms with Crippen molar-refractivity contribution in [3.63, 3.8) is 0 Å². The van der Waals surface area contributed by atoms with E-state index < -0.39 is 0 Å². The summed E-state index contributed by atoms with van der Waals surface area (Å²) >= 11 is 2.10. The second kappa shape index (κ2) is 6.55. The average molecular weight is 400 g/mol. The highest BCUT2D eigenvalue weighted by Gasteiger charge is 2.13. The molecule has 0 saturated carbocycles. The van der Waals surface area contributed by atoms with Gasteiger partial charge in [-0.25, -0.2) is 14.4 Å². The summed E-state index contributed by atoms with van der Waals surface area (Å²) in [4.78, 5) is 9.08. The zero-order valence-electron chi connectivity index (χ0n) is 12.5. The minimum atomic E-state index is -0.247. The van der Waals surface area contributed by atoms with E-state index in [2.05, 4.69) is 57.0 Å². The molecular weight excluding hydrogens is 382 g/mol. The Kier molecular flexibility index (Phi) is 4.97. The van der Waals surface area contributed by atoms with Gasteiger partial charge < -0.3 is 10.6 Å². The molecule has 0 radical (unpaired) electrons. The van der Waals surface area contributed by atoms with Crippen LogP contribution in [-0.2, 0) is 0 Å². The van der Waals surface area contributed by atoms with E-state index in [1.165, 1.54) is 12.1 Å². The lowest BCUT2D eigenvalue weighted by Crippen LogP contribution is -2.08. The zero-order chi connectivity index (χ0) is 15.6. The lowest BCUT2D eigenvalue weighted by molar-refractivity contribution is 0.627. The van der Waals surface area contributed by atoms with Gasteiger partial charge in [-0.2, -0.15) is 0 Å². The number of nitrogens with zero attached hydrogens (tertiary/aromatic N) is 2. The molecule has 4 nitrogen and oxygen atoms in total. The van der Waals surface area contributed by atoms with Crippen molar-refractivity contribution in [1.82, 2.24) is 9.97 Å². The summed E-state index contributed by atoms with van der Waals surface area (Å²) in [6, 6.07) is 4.64. The lowest BCUT2D eigenvalue weighted by atomic mass is 10.2. The molecule has 2 N–H and O–H groups in total. The molecular formula is C15H18FIN4. The molecule has 0 aliphatic carbocycles. The highest BCUT2D eigenvalue weighted by molar-refractivity contribution is 14.1. The van der Waals surface area contributed by atoms with Crippen LogP contribution in [0.3, 0.4) is 0 Å². The van der Waals surface area contributed by atoms with E-state index in [4.69, 9.17) is 0 Å². The lowest BCUT2D eigenvalue weighted by Gasteiger charge is -2.16. The van der Waals surface area contributed by atoms with Crippen molar-refractivity contribution >= 4 is 39.9 Å². The third-order valence-corrected chi connectivity index (χ3v) is 3.99. The van der Waals surface area contributed by atoms with Crippen LogP contribution in [0.25, 0.3) is 0 Å². The molecule has 0 bridgehead atoms. The molecule has 21 heavy (non-hydrogen) atoms. The number of aromatic nitrogens is 2. The van der Waals surface area contributed by atoms with E-state index in [0.29, 0.717) is 0 Å². The zero-order valence-corrected chi connectivity index (χ0v) is 14.6. The minimum Gasteiger partial charge on any atom is -0.373 e. The smallest absolute Gasteiger partial charge is 0.139 e. The van der Waals surface area contributed by atoms with Gasteiger partial charge in [0, 0.05) is 22.1 Å². The van der Waals surface area contributed by atoms with Gasteiger partial charge in [0.15, 0.2) is 0 Å². The van der Waals surface area contributed by atoms with Crippen LogP contribution in [0, 0.1) is 16.3 Å². The topological polar surface area (TPSA) is 49.8 Å². The first-order valence-electron chi connectivity index (χ1n) is 6.70. The second-order valence-electron chi connectivity index (χ2n) is 5.06. The van der Waals surface area contributed by atoms with Gasteiger partial charge in [-0.1, -0.05) is 13.8 Å². The molecule has 2 rings (SSSR count). The van der Waals surface area contributed by atoms with E-state index in [-0.39, 0.29) is 11.7 Å². The van der Waals surface area contributed by atoms with Gasteiger partial charge in [0.25, 0.3) is 0 Å². The van der Waals surface area contributed by atoms with Gasteiger partial charge in [0.05, 0.1) is 5.69 Å². The van der Waals surface area contributed by atoms with Crippen molar-refractivity contribution in [2.24, 2.45) is 0 Å². The van der Waals surface area contributed by atoms with Gasteiger partial charge in [-0.15, -0.1) is 0 Å². The molecule has 0 amide bonds. The van der Waals surface area contributed by atoms with Crippen molar-refractivity contribution in [2.45, 2.75) is 26.7 Å². The molecule has 1 aromatic carbocycles. The molecule has 0 fully saturated rings. The van der Waals surface area contributed by atoms with E-state index in [1.54, 1.807) is 6.07 Å². The summed E-state index contributed by atoms with van der Waals surface area (Å²) in [6.07, 6.45) is 0. The number of halogens is 2. The van der Waals surface area contributed by atoms with Crippen LogP contribution >= 0.6 is 22.6 Å². The van der Waals surface area contributed by atoms with Gasteiger partial charge >= 0.3 is 0 Å². The first-order chi connectivity index (χ1) is 9.92. The SMILES string of the molecule is CNc1nc(C(C)C)nc(Nc2ccc(F)cc2I)c1C. The molecule has 0 atom stereocenters. The third-order valence-electron chi connectivity index (χ3n) is 3.10. The van der Waals surface area contributed by atoms with Gasteiger partial charge in [-0.3, -0.25) is 0 Å². The van der Waals surface area contributed by atoms with E-state index in [1.807, 2.05) is 14.0 Å². The summed E-state index contributed by atoms with van der Waals surface area (Å²) in [5.74, 6) is 2.29. The number of hydrogen-bond acceptors (Lipinski definition) is 4. The van der Waals surface area contributed by atoms with Crippen molar-refractivity contribution in [3.05, 3.63) is 39.0 Å². The standard InChI is InChI=1S/C15H18FIN4/c1-8(2)13-20-14(18-4)9(3)15(21-13)19-12-6-5-10(16)7-11(12)17/h5-8H,1-4H3,(H2,18,19,20,21). The van der Waals surface area contributed by atoms with E-state index in [0.717, 1.165) is 32.3 Å². The molecule has 0 aliphatic heterocycles. The maximum Gasteiger partial charge on any atom is 0.139 e. The fourth-order valence-corrected chi connectivity index (χ4v) is 2.49. The molecule has 1 heterocycles. The minimum absolute atomic E-state index is 0.227. The summed E-state index contributed by atoms with van der Waals surface area (Å²) in [7, 11) is 1.84. The highest BCUT2D eigenvalue weighted by atomic mass is 127. The number of rotatable bonds is 4. The van der Waals surface area contributed by atoms with Crippen LogP contribution in [-0.4, -0.2) is 17.0 Å². The number of benzene rings is 1. The largest absolute Gasteiger partial charge is 0.373 e. The molecule has 6 heteroatoms. The Morgan fingerprint density at radius 1 is 1.19 bits per heavy atom. The van der Waals surface area contributed by atoms with Crippen LogP contribution in [0.15, 0.2) is 18.2 Å². The Morgan fingerprint density at radius 3 is 2.43 bits per heavy atom. The predicted octanol–water partition coefficient (Wildman–Crippen LogP) is 4.44. The van der Waals surface area contributed by atoms with Crippen molar-refractivity contribution < 1.29 is 4.39 Å². The molecule has 0 saturated heterocycles. The number of hydrogen-bond donors (Lipinski definition) is 2. The maximum atomic E-state index is 13.2. The summed E-state index contributed by atoms with van der Waals surface area (Å²) in [5.41, 5.74) is 1.76. The second-order valence-corrected chi connectivity index (χ2v) is 6.22. The van der Waals surface area contributed by atoms with Crippen molar-refractivity contribution in [3.8, 4) is 0 Å². The molecule has 1 aromatic heterocycles. The molecule has 0 spiro atoms. The molecule has 112 valence electrons. The number of nitrogens with one attached hydrogen (secondary N) is 2. The van der Waals surface area contributed by atoms with Crippen LogP contribution < -0.4 is 10.6 Å². The van der Waals surface area contributed by atoms with Gasteiger partial charge in [0.1, 0.15) is 23.3 Å². The molecule has 0 aliphatic rings. The third kappa shape index (κ3) is 3.61. The highest BCUT2D eigenvalue weighted by Crippen LogP contribution is 2.28. The fraction of sp³-hybridized carbons (Fsp3) is 0.333. The Labute approximate surface area is 137 Å². The van der Waals surface area contributed by atoms with Crippen LogP contribution in [0.1, 0.15) is 31.2 Å². The maximum absolute atomic E-state index is 13.2. The number of anilines is 3. The average Bonchev–Trinajstić information content (AvgIpc) is 2.43. The summed E-state index contributed by atoms with van der Waals surface area (Å²) in [6.45, 7) is 6.06. The Morgan fingerprint density at radius 2 is 1.86 bits per heavy atom. The first kappa shape index (κ1) is 15.9. The first-order valence-corrected chi connectivity index (χ1v) is 7.78. The van der Waals surface area contributed by atoms with Crippen LogP contribution in [0.4, 0.5) is 21.7 Å². The van der Waals surface area contributed by atoms with Gasteiger partial charge in [-0.05, 0) is 47.7 Å². The van der Waals surface area contributed by atoms with Crippen molar-refractivity contribution in [2.75, 3.05) is 17.7 Å². The van der Waals surface area contributed by atoms with Crippen molar-refractivity contribution in [1.29, 1.82) is 0 Å². The predicted molar refractivity (Wildman–Crippen MR) is 92.8 cm³/mol. The quantitative estimate of drug-likeness (QED) is 0.746. The Bertz CT molecular complexity index is 658. The monoisotopic (exact) mass is 400 g/mol. The van der Waals surface area contributed by atoms with Crippen LogP contribution in [0.2, 0.25) is 0 Å². The van der Waals surface area contributed by atoms with Crippen LogP contribution in [0.5, 0.6) is 0 Å². The summed E-state index contributed by atoms with van der Waals surface area (Å²) < 4.78 is 14.0. The van der Waals surface area contributed by atoms with E-state index in [9.17, 15) is 4.39 Å². The Balaban J connectivity index is 2.45. The van der Waals surface area contributed by atoms with Gasteiger partial charge in [0.2, 0.25) is 0 Å². The molecule has 2 aromatic rings. The van der Waals surface area contributed by atoms with E-state index >= 15 is 0 Å². The normalized spacial score (nSPS) is 10.8. The molecule has 0 unspecified atom stereocenters. The summed E-state index contributed by atoms with van der Waals surface area (Å²) in [5, 5.41) is 6.36. The fourth-order valence-electron chi connectivity index (χ4n) is 1.88. The Hall–Kier alpha value is -1.44.